The van der Waals surface area contributed by atoms with Gasteiger partial charge in [-0.05, 0) is 0 Å². The van der Waals surface area contributed by atoms with Gasteiger partial charge in [0.25, 0.3) is 0 Å². The molecule has 3 nitrogen and oxygen atoms in total. The number of rotatable bonds is 15. The second-order valence-electron chi connectivity index (χ2n) is 6.82. The van der Waals surface area contributed by atoms with E-state index in [0.717, 1.165) is 6.04 Å². The molecule has 1 aliphatic carbocycles. The number of hydrogen-bond acceptors (Lipinski definition) is 3. The number of unbranched alkanes of at least 4 members (excludes halogenated alkanes) is 3. The standard InChI is InChI=1S/C9H15O3Si.3C4H9.Pt/c1-10-13(11-2,12-3)8-9-6-4-5-7-9;3*1-3-4-2;/h4,6H,5,8H2,1-3H3;3*1,3-4H2,2H3;. The van der Waals surface area contributed by atoms with Crippen LogP contribution in [0.1, 0.15) is 65.7 Å². The summed E-state index contributed by atoms with van der Waals surface area (Å²) in [6, 6.07) is 0.831. The molecule has 0 spiro atoms. The molecule has 0 aromatic heterocycles. The Kier molecular flexibility index (Phi) is 11.8. The van der Waals surface area contributed by atoms with Crippen molar-refractivity contribution >= 4 is 8.80 Å². The summed E-state index contributed by atoms with van der Waals surface area (Å²) < 4.78 is 19.1. The van der Waals surface area contributed by atoms with Crippen LogP contribution in [0, 0.1) is 0 Å². The third kappa shape index (κ3) is 6.41. The first-order valence-corrected chi connectivity index (χ1v) is 18.0. The molecule has 158 valence electrons. The molecule has 0 aromatic carbocycles. The van der Waals surface area contributed by atoms with Gasteiger partial charge in [0.15, 0.2) is 0 Å². The first-order chi connectivity index (χ1) is 12.6. The van der Waals surface area contributed by atoms with Crippen LogP contribution in [0.5, 0.6) is 0 Å². The van der Waals surface area contributed by atoms with E-state index in [1.54, 1.807) is 21.3 Å². The van der Waals surface area contributed by atoms with Crippen molar-refractivity contribution < 1.29 is 29.3 Å². The second-order valence-corrected chi connectivity index (χ2v) is 20.4. The van der Waals surface area contributed by atoms with E-state index in [2.05, 4.69) is 32.9 Å². The Hall–Kier alpha value is 0.265. The van der Waals surface area contributed by atoms with Crippen molar-refractivity contribution in [1.82, 2.24) is 0 Å². The Morgan fingerprint density at radius 2 is 1.31 bits per heavy atom. The van der Waals surface area contributed by atoms with Crippen LogP contribution in [-0.4, -0.2) is 30.1 Å². The van der Waals surface area contributed by atoms with E-state index in [1.807, 2.05) is 3.96 Å². The molecule has 1 rings (SSSR count). The van der Waals surface area contributed by atoms with Crippen LogP contribution in [0.4, 0.5) is 0 Å². The molecule has 0 atom stereocenters. The fraction of sp³-hybridized carbons (Fsp3) is 0.810. The van der Waals surface area contributed by atoms with Crippen LogP contribution in [0.15, 0.2) is 21.7 Å². The van der Waals surface area contributed by atoms with Crippen molar-refractivity contribution in [2.45, 2.75) is 86.2 Å². The van der Waals surface area contributed by atoms with E-state index in [4.69, 9.17) is 13.3 Å². The van der Waals surface area contributed by atoms with Crippen molar-refractivity contribution in [3.8, 4) is 0 Å². The van der Waals surface area contributed by atoms with Gasteiger partial charge in [0, 0.05) is 0 Å². The third-order valence-electron chi connectivity index (χ3n) is 4.98. The molecular weight excluding hydrogens is 523 g/mol. The van der Waals surface area contributed by atoms with Crippen molar-refractivity contribution in [2.75, 3.05) is 21.3 Å². The Balaban J connectivity index is 3.25. The summed E-state index contributed by atoms with van der Waals surface area (Å²) in [5.74, 6) is 0. The third-order valence-corrected chi connectivity index (χ3v) is 20.7. The zero-order chi connectivity index (χ0) is 19.5. The molecule has 0 aromatic rings. The first kappa shape index (κ1) is 24.3. The van der Waals surface area contributed by atoms with Crippen molar-refractivity contribution in [3.63, 3.8) is 0 Å². The van der Waals surface area contributed by atoms with Gasteiger partial charge in [-0.1, -0.05) is 0 Å². The van der Waals surface area contributed by atoms with Crippen molar-refractivity contribution in [3.05, 3.63) is 21.7 Å². The molecule has 0 fully saturated rings. The normalized spacial score (nSPS) is 15.9. The molecule has 0 bridgehead atoms. The Labute approximate surface area is 167 Å². The molecule has 0 saturated heterocycles. The van der Waals surface area contributed by atoms with Gasteiger partial charge >= 0.3 is 167 Å². The Morgan fingerprint density at radius 1 is 0.846 bits per heavy atom. The van der Waals surface area contributed by atoms with Gasteiger partial charge in [0.2, 0.25) is 0 Å². The fourth-order valence-corrected chi connectivity index (χ4v) is 19.3. The quantitative estimate of drug-likeness (QED) is 0.203. The van der Waals surface area contributed by atoms with E-state index in [0.29, 0.717) is 0 Å². The van der Waals surface area contributed by atoms with E-state index >= 15 is 0 Å². The maximum atomic E-state index is 5.75. The molecule has 26 heavy (non-hydrogen) atoms. The minimum atomic E-state index is -2.58. The van der Waals surface area contributed by atoms with Crippen LogP contribution in [-0.2, 0) is 29.3 Å². The molecule has 0 saturated carbocycles. The molecule has 0 heterocycles. The monoisotopic (exact) mass is 565 g/mol. The van der Waals surface area contributed by atoms with E-state index < -0.39 is 24.9 Å². The molecule has 0 unspecified atom stereocenters. The van der Waals surface area contributed by atoms with Crippen molar-refractivity contribution in [2.24, 2.45) is 0 Å². The van der Waals surface area contributed by atoms with Gasteiger partial charge in [0.05, 0.1) is 0 Å². The van der Waals surface area contributed by atoms with E-state index in [1.165, 1.54) is 65.0 Å². The zero-order valence-electron chi connectivity index (χ0n) is 18.0. The summed E-state index contributed by atoms with van der Waals surface area (Å²) in [6.45, 7) is 7.02. The van der Waals surface area contributed by atoms with Crippen LogP contribution < -0.4 is 0 Å². The predicted octanol–water partition coefficient (Wildman–Crippen LogP) is 6.89. The van der Waals surface area contributed by atoms with E-state index in [-0.39, 0.29) is 0 Å². The summed E-state index contributed by atoms with van der Waals surface area (Å²) in [5, 5.41) is 0. The fourth-order valence-electron chi connectivity index (χ4n) is 3.22. The summed E-state index contributed by atoms with van der Waals surface area (Å²) in [7, 11) is 2.62. The summed E-state index contributed by atoms with van der Waals surface area (Å²) in [6.07, 6.45) is 14.0. The SMILES string of the molecule is CCC[CH2][Pt]([CH2]CCC)([CH2]CCC)[C]1=C(C[Si](OC)(OC)OC)C=CC1. The zero-order valence-corrected chi connectivity index (χ0v) is 21.2. The van der Waals surface area contributed by atoms with E-state index in [9.17, 15) is 0 Å². The topological polar surface area (TPSA) is 27.7 Å². The van der Waals surface area contributed by atoms with Gasteiger partial charge in [-0.2, -0.15) is 0 Å². The molecule has 0 amide bonds. The molecule has 0 aliphatic heterocycles. The molecule has 0 N–H and O–H groups in total. The Morgan fingerprint density at radius 3 is 1.69 bits per heavy atom. The average Bonchev–Trinajstić information content (AvgIpc) is 3.14. The van der Waals surface area contributed by atoms with Gasteiger partial charge in [-0.3, -0.25) is 0 Å². The average molecular weight is 566 g/mol. The summed E-state index contributed by atoms with van der Waals surface area (Å²) >= 11 is -1.99. The number of allylic oxidation sites excluding steroid dienone is 4. The maximum absolute atomic E-state index is 5.75. The molecule has 1 aliphatic rings. The summed E-state index contributed by atoms with van der Waals surface area (Å²) in [5.41, 5.74) is 1.50. The molecule has 0 radical (unpaired) electrons. The predicted molar refractivity (Wildman–Crippen MR) is 112 cm³/mol. The second kappa shape index (κ2) is 12.7. The van der Waals surface area contributed by atoms with Crippen LogP contribution in [0.25, 0.3) is 0 Å². The van der Waals surface area contributed by atoms with Gasteiger partial charge in [0.1, 0.15) is 0 Å². The van der Waals surface area contributed by atoms with Crippen LogP contribution >= 0.6 is 0 Å². The van der Waals surface area contributed by atoms with Crippen LogP contribution in [0.3, 0.4) is 0 Å². The van der Waals surface area contributed by atoms with Gasteiger partial charge < -0.3 is 0 Å². The molecule has 5 heteroatoms. The van der Waals surface area contributed by atoms with Gasteiger partial charge in [-0.15, -0.1) is 0 Å². The first-order valence-electron chi connectivity index (χ1n) is 10.1. The Bertz CT molecular complexity index is 428. The minimum absolute atomic E-state index is 0.831. The van der Waals surface area contributed by atoms with Crippen LogP contribution in [0.2, 0.25) is 20.5 Å². The van der Waals surface area contributed by atoms with Gasteiger partial charge in [-0.25, -0.2) is 0 Å². The van der Waals surface area contributed by atoms with Crippen molar-refractivity contribution in [1.29, 1.82) is 0 Å². The molecular formula is C21H42O3PtSi. The summed E-state index contributed by atoms with van der Waals surface area (Å²) in [4.78, 5) is 4.47. The number of hydrogen-bond donors (Lipinski definition) is 0.